The molecule has 178 valence electrons. The van der Waals surface area contributed by atoms with Gasteiger partial charge in [-0.3, -0.25) is 10.00 Å². The molecule has 0 atom stereocenters. The number of H-pyrrole nitrogens is 1. The molecular weight excluding hydrogens is 447 g/mol. The Morgan fingerprint density at radius 1 is 1.06 bits per heavy atom. The van der Waals surface area contributed by atoms with E-state index in [0.29, 0.717) is 25.5 Å². The van der Waals surface area contributed by atoms with E-state index in [1.807, 2.05) is 29.3 Å². The molecule has 11 heteroatoms. The molecule has 1 saturated heterocycles. The summed E-state index contributed by atoms with van der Waals surface area (Å²) in [7, 11) is 0. The molecule has 0 aliphatic carbocycles. The van der Waals surface area contributed by atoms with Crippen LogP contribution in [-0.4, -0.2) is 52.3 Å². The molecule has 4 heterocycles. The highest BCUT2D eigenvalue weighted by atomic mass is 19.4. The lowest BCUT2D eigenvalue weighted by Crippen LogP contribution is -2.33. The van der Waals surface area contributed by atoms with E-state index in [2.05, 4.69) is 30.7 Å². The number of benzene rings is 1. The second kappa shape index (κ2) is 8.98. The van der Waals surface area contributed by atoms with E-state index >= 15 is 0 Å². The quantitative estimate of drug-likeness (QED) is 0.538. The Labute approximate surface area is 194 Å². The minimum Gasteiger partial charge on any atom is -0.355 e. The molecule has 0 spiro atoms. The first-order chi connectivity index (χ1) is 16.4. The largest absolute Gasteiger partial charge is 0.417 e. The summed E-state index contributed by atoms with van der Waals surface area (Å²) in [6, 6.07) is 8.19. The number of aromatic nitrogens is 3. The zero-order valence-electron chi connectivity index (χ0n) is 18.3. The Morgan fingerprint density at radius 3 is 2.74 bits per heavy atom. The number of alkyl halides is 3. The van der Waals surface area contributed by atoms with Crippen LogP contribution < -0.4 is 15.5 Å². The molecule has 2 aliphatic rings. The monoisotopic (exact) mass is 471 g/mol. The number of aromatic amines is 1. The van der Waals surface area contributed by atoms with Gasteiger partial charge in [0.25, 0.3) is 0 Å². The summed E-state index contributed by atoms with van der Waals surface area (Å²) in [4.78, 5) is 19.9. The zero-order valence-corrected chi connectivity index (χ0v) is 18.3. The molecule has 2 aromatic heterocycles. The number of pyridine rings is 1. The van der Waals surface area contributed by atoms with Crippen LogP contribution in [0.1, 0.15) is 23.1 Å². The number of amides is 2. The number of halogens is 3. The van der Waals surface area contributed by atoms with Gasteiger partial charge in [-0.2, -0.15) is 18.3 Å². The smallest absolute Gasteiger partial charge is 0.355 e. The van der Waals surface area contributed by atoms with Crippen molar-refractivity contribution in [1.82, 2.24) is 25.4 Å². The van der Waals surface area contributed by atoms with Crippen LogP contribution in [0.4, 0.5) is 29.5 Å². The number of anilines is 2. The number of fused-ring (bicyclic) bond motifs is 1. The molecule has 0 unspecified atom stereocenters. The third kappa shape index (κ3) is 4.69. The number of rotatable bonds is 4. The number of carbonyl (C=O) groups is 1. The Bertz CT molecular complexity index is 1180. The number of nitrogens with zero attached hydrogens (tertiary/aromatic N) is 4. The number of nitrogens with one attached hydrogen (secondary N) is 3. The van der Waals surface area contributed by atoms with Crippen molar-refractivity contribution in [3.05, 3.63) is 59.4 Å². The van der Waals surface area contributed by atoms with Gasteiger partial charge < -0.3 is 15.5 Å². The normalized spacial score (nSPS) is 17.0. The van der Waals surface area contributed by atoms with Crippen molar-refractivity contribution in [2.45, 2.75) is 25.7 Å². The van der Waals surface area contributed by atoms with Crippen molar-refractivity contribution in [3.63, 3.8) is 0 Å². The maximum absolute atomic E-state index is 12.8. The third-order valence-corrected chi connectivity index (χ3v) is 6.17. The molecule has 2 amide bonds. The molecule has 1 fully saturated rings. The van der Waals surface area contributed by atoms with Gasteiger partial charge in [-0.1, -0.05) is 6.07 Å². The molecular formula is C23H24F3N7O. The predicted molar refractivity (Wildman–Crippen MR) is 121 cm³/mol. The van der Waals surface area contributed by atoms with E-state index in [-0.39, 0.29) is 6.03 Å². The number of hydrogen-bond acceptors (Lipinski definition) is 5. The first-order valence-corrected chi connectivity index (χ1v) is 11.1. The van der Waals surface area contributed by atoms with E-state index < -0.39 is 11.7 Å². The SMILES string of the molecule is O=C1NCc2cc(-c3n[nH]cc3CN3CCCN(c4ccc(C(F)(F)F)cn4)CC3)ccc2N1. The van der Waals surface area contributed by atoms with Crippen LogP contribution in [0.25, 0.3) is 11.3 Å². The van der Waals surface area contributed by atoms with Gasteiger partial charge in [-0.05, 0) is 36.2 Å². The van der Waals surface area contributed by atoms with Crippen LogP contribution in [0.15, 0.2) is 42.7 Å². The van der Waals surface area contributed by atoms with Crippen LogP contribution >= 0.6 is 0 Å². The van der Waals surface area contributed by atoms with E-state index in [1.165, 1.54) is 6.07 Å². The average Bonchev–Trinajstić information content (AvgIpc) is 3.15. The molecule has 0 bridgehead atoms. The van der Waals surface area contributed by atoms with E-state index in [9.17, 15) is 18.0 Å². The maximum atomic E-state index is 12.8. The molecule has 34 heavy (non-hydrogen) atoms. The lowest BCUT2D eigenvalue weighted by molar-refractivity contribution is -0.137. The summed E-state index contributed by atoms with van der Waals surface area (Å²) >= 11 is 0. The topological polar surface area (TPSA) is 89.2 Å². The standard InChI is InChI=1S/C23H24F3N7O/c24-23(25,26)18-3-5-20(27-13-18)33-7-1-6-32(8-9-33)14-17-12-29-31-21(17)15-2-4-19-16(10-15)11-28-22(34)30-19/h2-5,10,12-13H,1,6-9,11,14H2,(H,29,31)(H2,28,30,34). The molecule has 0 saturated carbocycles. The van der Waals surface area contributed by atoms with Crippen molar-refractivity contribution < 1.29 is 18.0 Å². The van der Waals surface area contributed by atoms with Crippen LogP contribution in [0.5, 0.6) is 0 Å². The Balaban J connectivity index is 1.25. The van der Waals surface area contributed by atoms with Gasteiger partial charge in [0.1, 0.15) is 5.82 Å². The second-order valence-electron chi connectivity index (χ2n) is 8.46. The molecule has 3 aromatic rings. The zero-order chi connectivity index (χ0) is 23.7. The number of urea groups is 1. The van der Waals surface area contributed by atoms with Gasteiger partial charge in [-0.15, -0.1) is 0 Å². The lowest BCUT2D eigenvalue weighted by Gasteiger charge is -2.23. The molecule has 1 aromatic carbocycles. The molecule has 5 rings (SSSR count). The van der Waals surface area contributed by atoms with E-state index in [1.54, 1.807) is 0 Å². The minimum atomic E-state index is -4.38. The van der Waals surface area contributed by atoms with Crippen LogP contribution in [0.2, 0.25) is 0 Å². The van der Waals surface area contributed by atoms with Crippen molar-refractivity contribution in [2.24, 2.45) is 0 Å². The lowest BCUT2D eigenvalue weighted by atomic mass is 10.0. The van der Waals surface area contributed by atoms with Crippen LogP contribution in [0.3, 0.4) is 0 Å². The summed E-state index contributed by atoms with van der Waals surface area (Å²) in [6.45, 7) is 4.20. The Hall–Kier alpha value is -3.60. The summed E-state index contributed by atoms with van der Waals surface area (Å²) in [5.41, 5.74) is 3.97. The summed E-state index contributed by atoms with van der Waals surface area (Å²) in [6.07, 6.45) is -0.712. The van der Waals surface area contributed by atoms with Crippen LogP contribution in [0, 0.1) is 0 Å². The van der Waals surface area contributed by atoms with Crippen molar-refractivity contribution in [3.8, 4) is 11.3 Å². The highest BCUT2D eigenvalue weighted by Gasteiger charge is 2.31. The van der Waals surface area contributed by atoms with Gasteiger partial charge in [0.15, 0.2) is 0 Å². The molecule has 2 aliphatic heterocycles. The molecule has 0 radical (unpaired) electrons. The maximum Gasteiger partial charge on any atom is 0.417 e. The first-order valence-electron chi connectivity index (χ1n) is 11.1. The Morgan fingerprint density at radius 2 is 1.94 bits per heavy atom. The number of hydrogen-bond donors (Lipinski definition) is 3. The summed E-state index contributed by atoms with van der Waals surface area (Å²) in [5.74, 6) is 0.564. The van der Waals surface area contributed by atoms with Crippen molar-refractivity contribution in [1.29, 1.82) is 0 Å². The van der Waals surface area contributed by atoms with E-state index in [0.717, 1.165) is 66.4 Å². The summed E-state index contributed by atoms with van der Waals surface area (Å²) in [5, 5.41) is 13.0. The highest BCUT2D eigenvalue weighted by molar-refractivity contribution is 5.92. The minimum absolute atomic E-state index is 0.206. The Kier molecular flexibility index (Phi) is 5.86. The van der Waals surface area contributed by atoms with Gasteiger partial charge >= 0.3 is 12.2 Å². The van der Waals surface area contributed by atoms with Gasteiger partial charge in [0.2, 0.25) is 0 Å². The second-order valence-corrected chi connectivity index (χ2v) is 8.46. The molecule has 8 nitrogen and oxygen atoms in total. The van der Waals surface area contributed by atoms with Gasteiger partial charge in [-0.25, -0.2) is 9.78 Å². The van der Waals surface area contributed by atoms with Gasteiger partial charge in [0.05, 0.1) is 11.3 Å². The fourth-order valence-corrected chi connectivity index (χ4v) is 4.38. The average molecular weight is 471 g/mol. The fourth-order valence-electron chi connectivity index (χ4n) is 4.38. The fraction of sp³-hybridized carbons (Fsp3) is 0.348. The first kappa shape index (κ1) is 22.2. The van der Waals surface area contributed by atoms with E-state index in [4.69, 9.17) is 0 Å². The highest BCUT2D eigenvalue weighted by Crippen LogP contribution is 2.30. The predicted octanol–water partition coefficient (Wildman–Crippen LogP) is 3.84. The number of carbonyl (C=O) groups excluding carboxylic acids is 1. The van der Waals surface area contributed by atoms with Gasteiger partial charge in [0, 0.05) is 68.5 Å². The van der Waals surface area contributed by atoms with Crippen molar-refractivity contribution >= 4 is 17.5 Å². The summed E-state index contributed by atoms with van der Waals surface area (Å²) < 4.78 is 38.5. The van der Waals surface area contributed by atoms with Crippen molar-refractivity contribution in [2.75, 3.05) is 36.4 Å². The third-order valence-electron chi connectivity index (χ3n) is 6.17. The molecule has 3 N–H and O–H groups in total. The van der Waals surface area contributed by atoms with Crippen LogP contribution in [-0.2, 0) is 19.3 Å².